The smallest absolute Gasteiger partial charge is 0.231 e. The molecule has 0 atom stereocenters. The molecule has 22 heavy (non-hydrogen) atoms. The van der Waals surface area contributed by atoms with Crippen molar-refractivity contribution in [3.05, 3.63) is 23.8 Å². The van der Waals surface area contributed by atoms with Crippen LogP contribution in [0.5, 0.6) is 11.5 Å². The normalized spacial score (nSPS) is 15.9. The number of nitrogens with zero attached hydrogens (tertiary/aromatic N) is 2. The molecule has 0 saturated carbocycles. The predicted octanol–water partition coefficient (Wildman–Crippen LogP) is 1.22. The summed E-state index contributed by atoms with van der Waals surface area (Å²) in [6.07, 6.45) is 1.04. The molecule has 2 aliphatic rings. The van der Waals surface area contributed by atoms with Crippen LogP contribution in [-0.2, 0) is 6.54 Å². The molecule has 1 aromatic rings. The van der Waals surface area contributed by atoms with Gasteiger partial charge < -0.3 is 20.1 Å². The number of ether oxygens (including phenoxy) is 2. The standard InChI is InChI=1S/C14H18N4O2S2/c1-15-13(21)17-5-2-6-18(17)14(22)16-8-10-3-4-11-12(7-10)20-9-19-11/h3-4,7H,2,5-6,8-9H2,1H3,(H,15,21)(H,16,22). The van der Waals surface area contributed by atoms with Gasteiger partial charge in [-0.15, -0.1) is 0 Å². The van der Waals surface area contributed by atoms with Crippen molar-refractivity contribution in [1.29, 1.82) is 0 Å². The monoisotopic (exact) mass is 338 g/mol. The first kappa shape index (κ1) is 15.1. The Morgan fingerprint density at radius 3 is 2.64 bits per heavy atom. The van der Waals surface area contributed by atoms with Crippen LogP contribution in [0.1, 0.15) is 12.0 Å². The molecule has 0 radical (unpaired) electrons. The van der Waals surface area contributed by atoms with Gasteiger partial charge in [-0.3, -0.25) is 10.0 Å². The van der Waals surface area contributed by atoms with Crippen LogP contribution >= 0.6 is 24.4 Å². The van der Waals surface area contributed by atoms with E-state index in [0.29, 0.717) is 16.8 Å². The lowest BCUT2D eigenvalue weighted by Crippen LogP contribution is -2.51. The highest BCUT2D eigenvalue weighted by Gasteiger charge is 2.25. The summed E-state index contributed by atoms with van der Waals surface area (Å²) in [7, 11) is 1.82. The highest BCUT2D eigenvalue weighted by atomic mass is 32.1. The third-order valence-electron chi connectivity index (χ3n) is 3.59. The predicted molar refractivity (Wildman–Crippen MR) is 91.7 cm³/mol. The largest absolute Gasteiger partial charge is 0.454 e. The summed E-state index contributed by atoms with van der Waals surface area (Å²) in [5, 5.41) is 11.6. The lowest BCUT2D eigenvalue weighted by molar-refractivity contribution is 0.174. The number of thiocarbonyl (C=S) groups is 2. The Labute approximate surface area is 140 Å². The Hall–Kier alpha value is -1.80. The Morgan fingerprint density at radius 1 is 1.14 bits per heavy atom. The summed E-state index contributed by atoms with van der Waals surface area (Å²) in [5.74, 6) is 1.57. The molecule has 1 saturated heterocycles. The van der Waals surface area contributed by atoms with Crippen LogP contribution in [0.2, 0.25) is 0 Å². The van der Waals surface area contributed by atoms with Crippen LogP contribution in [0.25, 0.3) is 0 Å². The minimum atomic E-state index is 0.287. The molecule has 2 N–H and O–H groups in total. The fourth-order valence-corrected chi connectivity index (χ4v) is 2.93. The second-order valence-electron chi connectivity index (χ2n) is 5.00. The van der Waals surface area contributed by atoms with E-state index in [0.717, 1.165) is 36.6 Å². The first-order valence-corrected chi connectivity index (χ1v) is 7.94. The molecule has 1 fully saturated rings. The molecule has 6 nitrogen and oxygen atoms in total. The van der Waals surface area contributed by atoms with Crippen molar-refractivity contribution in [1.82, 2.24) is 20.7 Å². The van der Waals surface area contributed by atoms with Gasteiger partial charge in [0.1, 0.15) is 0 Å². The zero-order chi connectivity index (χ0) is 15.5. The van der Waals surface area contributed by atoms with Crippen LogP contribution in [0.3, 0.4) is 0 Å². The number of hydrazine groups is 1. The van der Waals surface area contributed by atoms with Gasteiger partial charge in [0.25, 0.3) is 0 Å². The second-order valence-corrected chi connectivity index (χ2v) is 5.77. The van der Waals surface area contributed by atoms with E-state index >= 15 is 0 Å². The van der Waals surface area contributed by atoms with E-state index < -0.39 is 0 Å². The van der Waals surface area contributed by atoms with Crippen molar-refractivity contribution in [2.75, 3.05) is 26.9 Å². The van der Waals surface area contributed by atoms with Crippen molar-refractivity contribution in [2.24, 2.45) is 0 Å². The Morgan fingerprint density at radius 2 is 1.86 bits per heavy atom. The fourth-order valence-electron chi connectivity index (χ4n) is 2.48. The number of rotatable bonds is 2. The van der Waals surface area contributed by atoms with Gasteiger partial charge in [-0.25, -0.2) is 0 Å². The van der Waals surface area contributed by atoms with E-state index in [4.69, 9.17) is 33.9 Å². The second kappa shape index (κ2) is 6.53. The molecule has 0 aromatic heterocycles. The molecule has 2 aliphatic heterocycles. The molecule has 0 spiro atoms. The van der Waals surface area contributed by atoms with Gasteiger partial charge in [0.05, 0.1) is 0 Å². The number of benzene rings is 1. The van der Waals surface area contributed by atoms with Gasteiger partial charge >= 0.3 is 0 Å². The number of hydrogen-bond acceptors (Lipinski definition) is 4. The Kier molecular flexibility index (Phi) is 4.49. The molecule has 8 heteroatoms. The summed E-state index contributed by atoms with van der Waals surface area (Å²) in [4.78, 5) is 0. The van der Waals surface area contributed by atoms with Crippen LogP contribution < -0.4 is 20.1 Å². The van der Waals surface area contributed by atoms with E-state index in [1.54, 1.807) is 0 Å². The molecular weight excluding hydrogens is 320 g/mol. The molecule has 0 amide bonds. The average molecular weight is 338 g/mol. The number of nitrogens with one attached hydrogen (secondary N) is 2. The van der Waals surface area contributed by atoms with Crippen molar-refractivity contribution < 1.29 is 9.47 Å². The quantitative estimate of drug-likeness (QED) is 0.781. The minimum Gasteiger partial charge on any atom is -0.454 e. The molecule has 0 unspecified atom stereocenters. The first-order valence-electron chi connectivity index (χ1n) is 7.12. The van der Waals surface area contributed by atoms with E-state index in [2.05, 4.69) is 10.6 Å². The van der Waals surface area contributed by atoms with Crippen molar-refractivity contribution in [2.45, 2.75) is 13.0 Å². The van der Waals surface area contributed by atoms with Crippen LogP contribution in [-0.4, -0.2) is 47.2 Å². The van der Waals surface area contributed by atoms with E-state index in [9.17, 15) is 0 Å². The molecule has 1 aromatic carbocycles. The minimum absolute atomic E-state index is 0.287. The maximum Gasteiger partial charge on any atom is 0.231 e. The summed E-state index contributed by atoms with van der Waals surface area (Å²) in [5.41, 5.74) is 1.09. The maximum absolute atomic E-state index is 5.49. The van der Waals surface area contributed by atoms with Crippen molar-refractivity contribution in [3.63, 3.8) is 0 Å². The van der Waals surface area contributed by atoms with E-state index in [1.807, 2.05) is 35.3 Å². The summed E-state index contributed by atoms with van der Waals surface area (Å²) < 4.78 is 10.7. The van der Waals surface area contributed by atoms with Gasteiger partial charge in [-0.1, -0.05) is 6.07 Å². The molecule has 0 aliphatic carbocycles. The van der Waals surface area contributed by atoms with E-state index in [-0.39, 0.29) is 6.79 Å². The third kappa shape index (κ3) is 3.02. The zero-order valence-corrected chi connectivity index (χ0v) is 13.9. The average Bonchev–Trinajstić information content (AvgIpc) is 3.19. The molecule has 2 heterocycles. The van der Waals surface area contributed by atoms with Gasteiger partial charge in [0.15, 0.2) is 21.7 Å². The van der Waals surface area contributed by atoms with Crippen molar-refractivity contribution >= 4 is 34.7 Å². The number of fused-ring (bicyclic) bond motifs is 1. The molecular formula is C14H18N4O2S2. The lowest BCUT2D eigenvalue weighted by Gasteiger charge is -2.31. The Balaban J connectivity index is 1.59. The molecule has 0 bridgehead atoms. The maximum atomic E-state index is 5.49. The molecule has 3 rings (SSSR count). The highest BCUT2D eigenvalue weighted by molar-refractivity contribution is 7.80. The topological polar surface area (TPSA) is 49.0 Å². The summed E-state index contributed by atoms with van der Waals surface area (Å²) >= 11 is 10.8. The summed E-state index contributed by atoms with van der Waals surface area (Å²) in [6.45, 7) is 2.67. The van der Waals surface area contributed by atoms with Gasteiger partial charge in [-0.05, 0) is 48.6 Å². The van der Waals surface area contributed by atoms with Crippen LogP contribution in [0.15, 0.2) is 18.2 Å². The van der Waals surface area contributed by atoms with Gasteiger partial charge in [0, 0.05) is 26.7 Å². The lowest BCUT2D eigenvalue weighted by atomic mass is 10.2. The first-order chi connectivity index (χ1) is 10.7. The van der Waals surface area contributed by atoms with Gasteiger partial charge in [0.2, 0.25) is 6.79 Å². The fraction of sp³-hybridized carbons (Fsp3) is 0.429. The summed E-state index contributed by atoms with van der Waals surface area (Å²) in [6, 6.07) is 5.89. The van der Waals surface area contributed by atoms with Crippen LogP contribution in [0.4, 0.5) is 0 Å². The third-order valence-corrected chi connectivity index (χ3v) is 4.36. The highest BCUT2D eigenvalue weighted by Crippen LogP contribution is 2.32. The number of hydrogen-bond donors (Lipinski definition) is 2. The van der Waals surface area contributed by atoms with Crippen molar-refractivity contribution in [3.8, 4) is 11.5 Å². The van der Waals surface area contributed by atoms with Crippen LogP contribution in [0, 0.1) is 0 Å². The Bertz CT molecular complexity index is 596. The SMILES string of the molecule is CNC(=S)N1CCCN1C(=S)NCc1ccc2c(c1)OCO2. The van der Waals surface area contributed by atoms with E-state index in [1.165, 1.54) is 0 Å². The zero-order valence-electron chi connectivity index (χ0n) is 12.3. The molecule has 118 valence electrons. The van der Waals surface area contributed by atoms with Gasteiger partial charge in [-0.2, -0.15) is 0 Å².